The molecule has 6 rings (SSSR count). The summed E-state index contributed by atoms with van der Waals surface area (Å²) in [5.41, 5.74) is 3.22. The van der Waals surface area contributed by atoms with Gasteiger partial charge in [0.25, 0.3) is 5.56 Å². The molecule has 198 valence electrons. The first kappa shape index (κ1) is 25.1. The minimum atomic E-state index is -0.333. The number of H-pyrrole nitrogens is 1. The van der Waals surface area contributed by atoms with Crippen LogP contribution < -0.4 is 5.56 Å². The van der Waals surface area contributed by atoms with Crippen molar-refractivity contribution in [3.8, 4) is 28.2 Å². The van der Waals surface area contributed by atoms with Crippen molar-refractivity contribution in [2.24, 2.45) is 5.92 Å². The second-order valence-corrected chi connectivity index (χ2v) is 11.0. The number of nitrogens with one attached hydrogen (secondary N) is 1. The molecule has 11 nitrogen and oxygen atoms in total. The molecule has 1 aliphatic rings. The summed E-state index contributed by atoms with van der Waals surface area (Å²) < 4.78 is 8.52. The predicted molar refractivity (Wildman–Crippen MR) is 145 cm³/mol. The standard InChI is InChI=1S/C26H23ClN8O3S/c1-14(2)11-38-26(37)22-7-15(12-39-22)19-10-28-25(31-19)21-5-6-23-30-18(9-24(36)35(21)23)17-8-16(27)3-4-20(17)34-13-29-32-33-34/h3-4,7-10,12-14,21H,5-6,11H2,1-2H3,(H,28,31)/t21-/m0/s1. The number of carbonyl (C=O) groups excluding carboxylic acids is 1. The van der Waals surface area contributed by atoms with Crippen LogP contribution in [0, 0.1) is 5.92 Å². The maximum Gasteiger partial charge on any atom is 0.348 e. The molecule has 0 fully saturated rings. The van der Waals surface area contributed by atoms with Gasteiger partial charge in [0.2, 0.25) is 0 Å². The minimum absolute atomic E-state index is 0.191. The number of halogens is 1. The van der Waals surface area contributed by atoms with Gasteiger partial charge in [-0.05, 0) is 47.0 Å². The molecule has 0 bridgehead atoms. The number of hydrogen-bond acceptors (Lipinski definition) is 9. The SMILES string of the molecule is CC(C)COC(=O)c1cc(-c2cnc([C@@H]3CCc4nc(-c5cc(Cl)ccc5-n5cnnn5)cc(=O)n43)[nH]2)cs1. The molecule has 1 N–H and O–H groups in total. The molecule has 0 saturated carbocycles. The highest BCUT2D eigenvalue weighted by Crippen LogP contribution is 2.33. The fourth-order valence-corrected chi connectivity index (χ4v) is 5.55. The third-order valence-corrected chi connectivity index (χ3v) is 7.52. The first-order chi connectivity index (χ1) is 18.9. The Morgan fingerprint density at radius 3 is 2.95 bits per heavy atom. The van der Waals surface area contributed by atoms with Gasteiger partial charge in [-0.25, -0.2) is 14.8 Å². The molecule has 1 aliphatic heterocycles. The van der Waals surface area contributed by atoms with E-state index in [9.17, 15) is 9.59 Å². The van der Waals surface area contributed by atoms with E-state index in [4.69, 9.17) is 21.3 Å². The number of aromatic amines is 1. The molecule has 13 heteroatoms. The third-order valence-electron chi connectivity index (χ3n) is 6.38. The molecule has 39 heavy (non-hydrogen) atoms. The summed E-state index contributed by atoms with van der Waals surface area (Å²) in [7, 11) is 0. The van der Waals surface area contributed by atoms with E-state index in [1.54, 1.807) is 35.0 Å². The van der Waals surface area contributed by atoms with Crippen LogP contribution in [-0.4, -0.2) is 52.3 Å². The lowest BCUT2D eigenvalue weighted by molar-refractivity contribution is 0.0464. The summed E-state index contributed by atoms with van der Waals surface area (Å²) in [5, 5.41) is 13.8. The van der Waals surface area contributed by atoms with E-state index >= 15 is 0 Å². The average molecular weight is 563 g/mol. The summed E-state index contributed by atoms with van der Waals surface area (Å²) >= 11 is 7.61. The van der Waals surface area contributed by atoms with Gasteiger partial charge in [0.1, 0.15) is 22.9 Å². The van der Waals surface area contributed by atoms with Crippen molar-refractivity contribution in [3.05, 3.63) is 80.1 Å². The van der Waals surface area contributed by atoms with Crippen LogP contribution in [0.3, 0.4) is 0 Å². The van der Waals surface area contributed by atoms with Crippen molar-refractivity contribution in [2.45, 2.75) is 32.7 Å². The van der Waals surface area contributed by atoms with E-state index < -0.39 is 0 Å². The van der Waals surface area contributed by atoms with E-state index in [-0.39, 0.29) is 23.5 Å². The van der Waals surface area contributed by atoms with E-state index in [1.807, 2.05) is 19.2 Å². The number of imidazole rings is 1. The maximum absolute atomic E-state index is 13.4. The largest absolute Gasteiger partial charge is 0.461 e. The maximum atomic E-state index is 13.4. The van der Waals surface area contributed by atoms with Gasteiger partial charge in [-0.1, -0.05) is 25.4 Å². The smallest absolute Gasteiger partial charge is 0.348 e. The number of thiophene rings is 1. The Labute approximate surface area is 231 Å². The lowest BCUT2D eigenvalue weighted by Crippen LogP contribution is -2.25. The lowest BCUT2D eigenvalue weighted by atomic mass is 10.1. The van der Waals surface area contributed by atoms with Crippen molar-refractivity contribution in [2.75, 3.05) is 6.61 Å². The van der Waals surface area contributed by atoms with Crippen LogP contribution in [0.25, 0.3) is 28.2 Å². The first-order valence-electron chi connectivity index (χ1n) is 12.3. The fraction of sp³-hybridized carbons (Fsp3) is 0.269. The van der Waals surface area contributed by atoms with Crippen LogP contribution in [0.15, 0.2) is 53.0 Å². The molecule has 0 aliphatic carbocycles. The zero-order chi connectivity index (χ0) is 27.1. The Morgan fingerprint density at radius 2 is 2.15 bits per heavy atom. The molecule has 4 aromatic heterocycles. The number of carbonyl (C=O) groups is 1. The van der Waals surface area contributed by atoms with Gasteiger partial charge >= 0.3 is 5.97 Å². The molecule has 0 unspecified atom stereocenters. The topological polar surface area (TPSA) is 133 Å². The molecule has 1 atom stereocenters. The van der Waals surface area contributed by atoms with Gasteiger partial charge in [0, 0.05) is 34.0 Å². The molecule has 0 spiro atoms. The fourth-order valence-electron chi connectivity index (χ4n) is 4.58. The summed E-state index contributed by atoms with van der Waals surface area (Å²) in [4.78, 5) is 39.0. The van der Waals surface area contributed by atoms with Crippen LogP contribution >= 0.6 is 22.9 Å². The average Bonchev–Trinajstić information content (AvgIpc) is 3.72. The van der Waals surface area contributed by atoms with Crippen molar-refractivity contribution in [1.29, 1.82) is 0 Å². The Bertz CT molecular complexity index is 1720. The Kier molecular flexibility index (Phi) is 6.57. The molecule has 5 aromatic rings. The molecule has 0 saturated heterocycles. The van der Waals surface area contributed by atoms with Crippen LogP contribution in [0.1, 0.15) is 47.6 Å². The van der Waals surface area contributed by atoms with Gasteiger partial charge in [-0.15, -0.1) is 16.4 Å². The van der Waals surface area contributed by atoms with Gasteiger partial charge in [-0.3, -0.25) is 9.36 Å². The predicted octanol–water partition coefficient (Wildman–Crippen LogP) is 4.34. The highest BCUT2D eigenvalue weighted by molar-refractivity contribution is 7.12. The second kappa shape index (κ2) is 10.2. The van der Waals surface area contributed by atoms with Gasteiger partial charge in [0.05, 0.1) is 35.9 Å². The molecule has 0 amide bonds. The summed E-state index contributed by atoms with van der Waals surface area (Å²) in [5.74, 6) is 1.26. The van der Waals surface area contributed by atoms with Crippen LogP contribution in [0.4, 0.5) is 0 Å². The first-order valence-corrected chi connectivity index (χ1v) is 13.6. The Morgan fingerprint density at radius 1 is 1.28 bits per heavy atom. The van der Waals surface area contributed by atoms with Gasteiger partial charge < -0.3 is 9.72 Å². The number of aryl methyl sites for hydroxylation is 1. The van der Waals surface area contributed by atoms with E-state index in [0.29, 0.717) is 57.9 Å². The molecule has 5 heterocycles. The Hall–Kier alpha value is -4.16. The summed E-state index contributed by atoms with van der Waals surface area (Å²) in [6.07, 6.45) is 4.47. The number of benzene rings is 1. The highest BCUT2D eigenvalue weighted by atomic mass is 35.5. The zero-order valence-corrected chi connectivity index (χ0v) is 22.6. The van der Waals surface area contributed by atoms with Crippen molar-refractivity contribution >= 4 is 28.9 Å². The van der Waals surface area contributed by atoms with Crippen LogP contribution in [-0.2, 0) is 11.2 Å². The van der Waals surface area contributed by atoms with E-state index in [1.165, 1.54) is 28.4 Å². The number of aromatic nitrogens is 8. The highest BCUT2D eigenvalue weighted by Gasteiger charge is 2.29. The number of hydrogen-bond donors (Lipinski definition) is 1. The van der Waals surface area contributed by atoms with E-state index in [2.05, 4.69) is 25.5 Å². The normalized spacial score (nSPS) is 14.6. The quantitative estimate of drug-likeness (QED) is 0.290. The second-order valence-electron chi connectivity index (χ2n) is 9.61. The van der Waals surface area contributed by atoms with Gasteiger partial charge in [0.15, 0.2) is 0 Å². The van der Waals surface area contributed by atoms with E-state index in [0.717, 1.165) is 11.3 Å². The minimum Gasteiger partial charge on any atom is -0.461 e. The summed E-state index contributed by atoms with van der Waals surface area (Å²) in [6, 6.07) is 8.27. The van der Waals surface area contributed by atoms with Crippen molar-refractivity contribution in [1.82, 2.24) is 39.7 Å². The summed E-state index contributed by atoms with van der Waals surface area (Å²) in [6.45, 7) is 4.36. The number of fused-ring (bicyclic) bond motifs is 1. The van der Waals surface area contributed by atoms with Crippen LogP contribution in [0.2, 0.25) is 5.02 Å². The monoisotopic (exact) mass is 562 g/mol. The van der Waals surface area contributed by atoms with Gasteiger partial charge in [-0.2, -0.15) is 4.68 Å². The molecular weight excluding hydrogens is 540 g/mol. The number of rotatable bonds is 7. The zero-order valence-electron chi connectivity index (χ0n) is 21.0. The van der Waals surface area contributed by atoms with Crippen molar-refractivity contribution in [3.63, 3.8) is 0 Å². The number of tetrazole rings is 1. The molecule has 1 aromatic carbocycles. The molecular formula is C26H23ClN8O3S. The van der Waals surface area contributed by atoms with Crippen LogP contribution in [0.5, 0.6) is 0 Å². The lowest BCUT2D eigenvalue weighted by Gasteiger charge is -2.14. The number of esters is 1. The number of ether oxygens (including phenoxy) is 1. The van der Waals surface area contributed by atoms with Crippen molar-refractivity contribution < 1.29 is 9.53 Å². The Balaban J connectivity index is 1.28. The molecule has 0 radical (unpaired) electrons. The number of nitrogens with zero attached hydrogens (tertiary/aromatic N) is 7. The third kappa shape index (κ3) is 4.88.